The minimum absolute atomic E-state index is 0.302. The highest BCUT2D eigenvalue weighted by Gasteiger charge is 2.11. The third-order valence-electron chi connectivity index (χ3n) is 2.72. The number of nitrogens with one attached hydrogen (secondary N) is 1. The van der Waals surface area contributed by atoms with Crippen molar-refractivity contribution in [3.8, 4) is 10.6 Å². The van der Waals surface area contributed by atoms with Crippen LogP contribution in [0, 0.1) is 5.82 Å². The highest BCUT2D eigenvalue weighted by Crippen LogP contribution is 2.30. The Hall–Kier alpha value is -1.38. The van der Waals surface area contributed by atoms with Gasteiger partial charge in [-0.15, -0.1) is 21.5 Å². The molecule has 0 amide bonds. The van der Waals surface area contributed by atoms with Crippen molar-refractivity contribution in [3.63, 3.8) is 0 Å². The first kappa shape index (κ1) is 14.6. The van der Waals surface area contributed by atoms with E-state index in [1.165, 1.54) is 17.4 Å². The van der Waals surface area contributed by atoms with Gasteiger partial charge in [-0.2, -0.15) is 0 Å². The lowest BCUT2D eigenvalue weighted by Gasteiger charge is -1.99. The van der Waals surface area contributed by atoms with E-state index in [4.69, 9.17) is 0 Å². The molecule has 0 saturated heterocycles. The maximum absolute atomic E-state index is 13.8. The average molecular weight is 385 g/mol. The van der Waals surface area contributed by atoms with Gasteiger partial charge >= 0.3 is 0 Å². The molecule has 2 aromatic heterocycles. The Morgan fingerprint density at radius 1 is 1.29 bits per heavy atom. The van der Waals surface area contributed by atoms with Crippen molar-refractivity contribution >= 4 is 43.7 Å². The molecular weight excluding hydrogens is 375 g/mol. The normalized spacial score (nSPS) is 10.8. The van der Waals surface area contributed by atoms with Crippen molar-refractivity contribution in [3.05, 3.63) is 45.1 Å². The van der Waals surface area contributed by atoms with Crippen LogP contribution >= 0.6 is 38.6 Å². The van der Waals surface area contributed by atoms with Crippen LogP contribution in [0.3, 0.4) is 0 Å². The van der Waals surface area contributed by atoms with E-state index in [0.717, 1.165) is 23.1 Å². The lowest BCUT2D eigenvalue weighted by Crippen LogP contribution is -2.04. The summed E-state index contributed by atoms with van der Waals surface area (Å²) in [5, 5.41) is 14.5. The van der Waals surface area contributed by atoms with Gasteiger partial charge in [0.1, 0.15) is 5.82 Å². The summed E-state index contributed by atoms with van der Waals surface area (Å²) in [5.41, 5.74) is 3.32. The van der Waals surface area contributed by atoms with Crippen LogP contribution in [-0.2, 0) is 6.42 Å². The van der Waals surface area contributed by atoms with Crippen LogP contribution < -0.4 is 5.32 Å². The summed E-state index contributed by atoms with van der Waals surface area (Å²) in [7, 11) is 0. The van der Waals surface area contributed by atoms with Crippen LogP contribution in [0.5, 0.6) is 0 Å². The Kier molecular flexibility index (Phi) is 4.57. The van der Waals surface area contributed by atoms with E-state index < -0.39 is 0 Å². The molecule has 1 N–H and O–H groups in total. The molecule has 4 nitrogen and oxygen atoms in total. The summed E-state index contributed by atoms with van der Waals surface area (Å²) in [6.07, 6.45) is 0.823. The molecule has 0 aliphatic rings. The van der Waals surface area contributed by atoms with Crippen LogP contribution in [0.1, 0.15) is 5.69 Å². The second-order valence-corrected chi connectivity index (χ2v) is 6.80. The maximum Gasteiger partial charge on any atom is 0.206 e. The highest BCUT2D eigenvalue weighted by molar-refractivity contribution is 9.10. The molecule has 8 heteroatoms. The number of benzene rings is 1. The topological polar surface area (TPSA) is 50.7 Å². The van der Waals surface area contributed by atoms with Crippen molar-refractivity contribution in [2.45, 2.75) is 6.42 Å². The fraction of sp³-hybridized carbons (Fsp3) is 0.154. The van der Waals surface area contributed by atoms with Gasteiger partial charge in [-0.3, -0.25) is 0 Å². The molecule has 0 unspecified atom stereocenters. The molecule has 0 fully saturated rings. The van der Waals surface area contributed by atoms with Crippen molar-refractivity contribution in [2.75, 3.05) is 11.9 Å². The number of thiazole rings is 1. The largest absolute Gasteiger partial charge is 0.360 e. The van der Waals surface area contributed by atoms with Gasteiger partial charge in [0.2, 0.25) is 5.13 Å². The molecule has 0 radical (unpaired) electrons. The van der Waals surface area contributed by atoms with Gasteiger partial charge in [-0.25, -0.2) is 9.37 Å². The van der Waals surface area contributed by atoms with Crippen molar-refractivity contribution in [2.24, 2.45) is 0 Å². The first-order valence-corrected chi connectivity index (χ1v) is 8.67. The number of hydrogen-bond donors (Lipinski definition) is 1. The van der Waals surface area contributed by atoms with Gasteiger partial charge in [0.05, 0.1) is 11.2 Å². The zero-order valence-electron chi connectivity index (χ0n) is 10.7. The number of rotatable bonds is 5. The van der Waals surface area contributed by atoms with Gasteiger partial charge in [-0.05, 0) is 18.2 Å². The number of anilines is 1. The lowest BCUT2D eigenvalue weighted by molar-refractivity contribution is 0.630. The van der Waals surface area contributed by atoms with Gasteiger partial charge in [-0.1, -0.05) is 27.3 Å². The van der Waals surface area contributed by atoms with E-state index in [-0.39, 0.29) is 5.82 Å². The summed E-state index contributed by atoms with van der Waals surface area (Å²) in [5.74, 6) is -0.302. The van der Waals surface area contributed by atoms with Gasteiger partial charge in [0.25, 0.3) is 0 Å². The fourth-order valence-electron chi connectivity index (χ4n) is 1.72. The lowest BCUT2D eigenvalue weighted by atomic mass is 10.2. The average Bonchev–Trinajstić information content (AvgIpc) is 3.13. The smallest absolute Gasteiger partial charge is 0.206 e. The number of nitrogens with zero attached hydrogens (tertiary/aromatic N) is 3. The minimum Gasteiger partial charge on any atom is -0.360 e. The molecule has 2 heterocycles. The zero-order chi connectivity index (χ0) is 14.7. The second kappa shape index (κ2) is 6.59. The molecule has 3 aromatic rings. The predicted octanol–water partition coefficient (Wildman–Crippen LogP) is 4.22. The first-order chi connectivity index (χ1) is 10.2. The number of aromatic nitrogens is 3. The van der Waals surface area contributed by atoms with Gasteiger partial charge < -0.3 is 5.32 Å². The van der Waals surface area contributed by atoms with E-state index in [9.17, 15) is 4.39 Å². The standard InChI is InChI=1S/C13H10BrFN4S2/c14-8-1-2-11(15)10(5-8)12-18-19-13(21-12)16-4-3-9-6-20-7-17-9/h1-2,5-7H,3-4H2,(H,16,19). The van der Waals surface area contributed by atoms with Crippen LogP contribution in [0.2, 0.25) is 0 Å². The summed E-state index contributed by atoms with van der Waals surface area (Å²) in [4.78, 5) is 4.21. The molecule has 0 aliphatic heterocycles. The number of hydrogen-bond acceptors (Lipinski definition) is 6. The predicted molar refractivity (Wildman–Crippen MR) is 87.3 cm³/mol. The molecule has 0 spiro atoms. The summed E-state index contributed by atoms with van der Waals surface area (Å²) in [6.45, 7) is 0.722. The highest BCUT2D eigenvalue weighted by atomic mass is 79.9. The zero-order valence-corrected chi connectivity index (χ0v) is 13.9. The Labute approximate surface area is 137 Å². The Morgan fingerprint density at radius 3 is 3.00 bits per heavy atom. The summed E-state index contributed by atoms with van der Waals surface area (Å²) < 4.78 is 14.6. The third kappa shape index (κ3) is 3.63. The SMILES string of the molecule is Fc1ccc(Br)cc1-c1nnc(NCCc2cscn2)s1. The second-order valence-electron chi connectivity index (χ2n) is 4.19. The van der Waals surface area contributed by atoms with Crippen molar-refractivity contribution < 1.29 is 4.39 Å². The van der Waals surface area contributed by atoms with Gasteiger partial charge in [0, 0.05) is 28.4 Å². The molecule has 0 saturated carbocycles. The fourth-order valence-corrected chi connectivity index (χ4v) is 3.46. The summed E-state index contributed by atoms with van der Waals surface area (Å²) in [6, 6.07) is 4.78. The van der Waals surface area contributed by atoms with Crippen molar-refractivity contribution in [1.82, 2.24) is 15.2 Å². The van der Waals surface area contributed by atoms with E-state index in [1.807, 2.05) is 10.9 Å². The van der Waals surface area contributed by atoms with E-state index in [1.54, 1.807) is 23.5 Å². The molecule has 21 heavy (non-hydrogen) atoms. The van der Waals surface area contributed by atoms with Crippen LogP contribution in [-0.4, -0.2) is 21.7 Å². The summed E-state index contributed by atoms with van der Waals surface area (Å²) >= 11 is 6.25. The first-order valence-electron chi connectivity index (χ1n) is 6.12. The quantitative estimate of drug-likeness (QED) is 0.715. The van der Waals surface area contributed by atoms with Gasteiger partial charge in [0.15, 0.2) is 5.01 Å². The molecule has 3 rings (SSSR count). The third-order valence-corrected chi connectivity index (χ3v) is 4.77. The van der Waals surface area contributed by atoms with Crippen molar-refractivity contribution in [1.29, 1.82) is 0 Å². The van der Waals surface area contributed by atoms with E-state index in [2.05, 4.69) is 36.4 Å². The molecule has 1 aromatic carbocycles. The number of halogens is 2. The molecular formula is C13H10BrFN4S2. The van der Waals surface area contributed by atoms with E-state index in [0.29, 0.717) is 15.7 Å². The maximum atomic E-state index is 13.8. The molecule has 0 aliphatic carbocycles. The molecule has 0 bridgehead atoms. The minimum atomic E-state index is -0.302. The molecule has 108 valence electrons. The van der Waals surface area contributed by atoms with Crippen LogP contribution in [0.25, 0.3) is 10.6 Å². The Bertz CT molecular complexity index is 730. The Balaban J connectivity index is 1.67. The van der Waals surface area contributed by atoms with Crippen LogP contribution in [0.4, 0.5) is 9.52 Å². The van der Waals surface area contributed by atoms with E-state index >= 15 is 0 Å². The monoisotopic (exact) mass is 384 g/mol. The molecule has 0 atom stereocenters. The van der Waals surface area contributed by atoms with Crippen LogP contribution in [0.15, 0.2) is 33.6 Å². The Morgan fingerprint density at radius 2 is 2.19 bits per heavy atom.